The molecule has 3 fully saturated rings. The zero-order chi connectivity index (χ0) is 51.7. The summed E-state index contributed by atoms with van der Waals surface area (Å²) in [6.45, 7) is 8.07. The van der Waals surface area contributed by atoms with Crippen LogP contribution in [-0.4, -0.2) is 189 Å². The predicted octanol–water partition coefficient (Wildman–Crippen LogP) is -4.34. The summed E-state index contributed by atoms with van der Waals surface area (Å²) in [4.78, 5) is 129. The number of nitrogens with zero attached hydrogens (tertiary/aromatic N) is 4. The Hall–Kier alpha value is -5.66. The molecule has 69 heavy (non-hydrogen) atoms. The van der Waals surface area contributed by atoms with Gasteiger partial charge in [-0.15, -0.1) is 0 Å². The molecular formula is C44H77N13O12. The second kappa shape index (κ2) is 27.5. The molecule has 0 bridgehead atoms. The Morgan fingerprint density at radius 2 is 1.14 bits per heavy atom. The number of aliphatic carboxylic acids is 1. The number of hydrogen-bond donors (Lipinski definition) is 12. The summed E-state index contributed by atoms with van der Waals surface area (Å²) in [5.41, 5.74) is 22.6. The van der Waals surface area contributed by atoms with Crippen LogP contribution in [0.15, 0.2) is 4.99 Å². The molecule has 0 saturated carbocycles. The number of carbonyl (C=O) groups is 9. The molecule has 10 atom stereocenters. The van der Waals surface area contributed by atoms with E-state index >= 15 is 0 Å². The Morgan fingerprint density at radius 3 is 1.70 bits per heavy atom. The summed E-state index contributed by atoms with van der Waals surface area (Å²) in [6, 6.07) is -10.9. The summed E-state index contributed by atoms with van der Waals surface area (Å²) in [7, 11) is 0. The van der Waals surface area contributed by atoms with Crippen molar-refractivity contribution in [1.82, 2.24) is 41.3 Å². The summed E-state index contributed by atoms with van der Waals surface area (Å²) in [5.74, 6) is -7.79. The van der Waals surface area contributed by atoms with Crippen molar-refractivity contribution in [3.63, 3.8) is 0 Å². The Bertz CT molecular complexity index is 1850. The van der Waals surface area contributed by atoms with Gasteiger partial charge in [0, 0.05) is 26.2 Å². The number of amides is 8. The standard InChI is InChI=1S/C44H77N13O12/c1-23(2)32(46)38(63)53-33(24(3)4)39(64)51-27(13-8-18-49-44(47)48)36(61)54-34(25(5)59)42(67)56-20-10-15-30(56)41(66)55-19-9-14-29(55)37(62)50-26(12-6-7-17-45)35(60)52-28(22-58)40(65)57-21-11-16-31(57)43(68)69/h23-34,58-59H,6-22,45-46H2,1-5H3,(H,50,62)(H,51,64)(H,52,60)(H,53,63)(H,54,61)(H,68,69)(H4,47,48,49)/t25-,26+,27+,28+,29+,30+,31+,32+,33+,34+/m1/s1. The van der Waals surface area contributed by atoms with Gasteiger partial charge in [-0.2, -0.15) is 0 Å². The van der Waals surface area contributed by atoms with E-state index in [1.165, 1.54) is 16.7 Å². The van der Waals surface area contributed by atoms with Crippen molar-refractivity contribution in [3.05, 3.63) is 0 Å². The van der Waals surface area contributed by atoms with Crippen LogP contribution in [0.2, 0.25) is 0 Å². The number of aliphatic hydroxyl groups is 2. The van der Waals surface area contributed by atoms with Gasteiger partial charge >= 0.3 is 5.97 Å². The monoisotopic (exact) mass is 980 g/mol. The highest BCUT2D eigenvalue weighted by atomic mass is 16.4. The van der Waals surface area contributed by atoms with Gasteiger partial charge in [0.1, 0.15) is 48.3 Å². The van der Waals surface area contributed by atoms with Crippen LogP contribution in [-0.2, 0) is 43.2 Å². The van der Waals surface area contributed by atoms with E-state index in [1.807, 2.05) is 0 Å². The number of carboxylic acid groups (broad SMARTS) is 1. The molecule has 25 heteroatoms. The lowest BCUT2D eigenvalue weighted by atomic mass is 9.99. The van der Waals surface area contributed by atoms with Crippen molar-refractivity contribution in [1.29, 1.82) is 0 Å². The first-order valence-corrected chi connectivity index (χ1v) is 24.0. The van der Waals surface area contributed by atoms with Crippen LogP contribution in [0, 0.1) is 11.8 Å². The third-order valence-electron chi connectivity index (χ3n) is 12.7. The number of carboxylic acids is 1. The lowest BCUT2D eigenvalue weighted by Gasteiger charge is -2.34. The second-order valence-electron chi connectivity index (χ2n) is 18.7. The molecule has 3 heterocycles. The minimum Gasteiger partial charge on any atom is -0.480 e. The number of hydrogen-bond acceptors (Lipinski definition) is 14. The fraction of sp³-hybridized carbons (Fsp3) is 0.773. The third-order valence-corrected chi connectivity index (χ3v) is 12.7. The molecule has 3 rings (SSSR count). The molecule has 3 aliphatic rings. The largest absolute Gasteiger partial charge is 0.480 e. The number of unbranched alkanes of at least 4 members (excludes halogenated alkanes) is 1. The summed E-state index contributed by atoms with van der Waals surface area (Å²) >= 11 is 0. The zero-order valence-electron chi connectivity index (χ0n) is 40.6. The molecule has 25 nitrogen and oxygen atoms in total. The fourth-order valence-corrected chi connectivity index (χ4v) is 8.70. The number of aliphatic hydroxyl groups excluding tert-OH is 2. The van der Waals surface area contributed by atoms with Gasteiger partial charge in [-0.05, 0) is 95.9 Å². The zero-order valence-corrected chi connectivity index (χ0v) is 40.6. The summed E-state index contributed by atoms with van der Waals surface area (Å²) in [5, 5.41) is 43.6. The summed E-state index contributed by atoms with van der Waals surface area (Å²) < 4.78 is 0. The minimum absolute atomic E-state index is 0.0237. The maximum atomic E-state index is 14.4. The van der Waals surface area contributed by atoms with Gasteiger partial charge in [0.25, 0.3) is 0 Å². The number of carbonyl (C=O) groups excluding carboxylic acids is 8. The van der Waals surface area contributed by atoms with E-state index in [2.05, 4.69) is 31.6 Å². The molecule has 3 aliphatic heterocycles. The normalized spacial score (nSPS) is 21.1. The maximum absolute atomic E-state index is 14.4. The number of nitrogens with two attached hydrogens (primary N) is 4. The summed E-state index contributed by atoms with van der Waals surface area (Å²) in [6.07, 6.45) is 1.49. The van der Waals surface area contributed by atoms with Gasteiger partial charge in [0.15, 0.2) is 5.96 Å². The van der Waals surface area contributed by atoms with Crippen molar-refractivity contribution in [3.8, 4) is 0 Å². The van der Waals surface area contributed by atoms with Crippen molar-refractivity contribution < 1.29 is 58.5 Å². The van der Waals surface area contributed by atoms with Crippen LogP contribution in [0.4, 0.5) is 0 Å². The molecule has 3 saturated heterocycles. The molecule has 390 valence electrons. The van der Waals surface area contributed by atoms with Crippen LogP contribution in [0.1, 0.15) is 105 Å². The average molecular weight is 980 g/mol. The van der Waals surface area contributed by atoms with Gasteiger partial charge < -0.3 is 79.5 Å². The van der Waals surface area contributed by atoms with Gasteiger partial charge in [-0.25, -0.2) is 4.79 Å². The number of rotatable bonds is 26. The van der Waals surface area contributed by atoms with Crippen LogP contribution in [0.25, 0.3) is 0 Å². The third kappa shape index (κ3) is 16.2. The topological polar surface area (TPSA) is 401 Å². The first-order valence-electron chi connectivity index (χ1n) is 24.0. The highest BCUT2D eigenvalue weighted by molar-refractivity contribution is 5.98. The highest BCUT2D eigenvalue weighted by Crippen LogP contribution is 2.27. The van der Waals surface area contributed by atoms with E-state index in [-0.39, 0.29) is 76.6 Å². The van der Waals surface area contributed by atoms with Crippen molar-refractivity contribution in [2.24, 2.45) is 39.8 Å². The maximum Gasteiger partial charge on any atom is 0.326 e. The van der Waals surface area contributed by atoms with E-state index in [0.717, 1.165) is 4.90 Å². The highest BCUT2D eigenvalue weighted by Gasteiger charge is 2.46. The minimum atomic E-state index is -1.59. The van der Waals surface area contributed by atoms with E-state index in [1.54, 1.807) is 27.7 Å². The lowest BCUT2D eigenvalue weighted by Crippen LogP contribution is -2.62. The molecule has 0 aromatic rings. The Morgan fingerprint density at radius 1 is 0.623 bits per heavy atom. The fourth-order valence-electron chi connectivity index (χ4n) is 8.70. The first kappa shape index (κ1) is 57.7. The van der Waals surface area contributed by atoms with Crippen molar-refractivity contribution in [2.75, 3.05) is 39.3 Å². The SMILES string of the molecule is CC(C)[C@H](N)C(=O)N[C@H](C(=O)N[C@@H](CCCN=C(N)N)C(=O)N[C@H](C(=O)N1CCC[C@H]1C(=O)N1CCC[C@H]1C(=O)N[C@@H](CCCCN)C(=O)N[C@@H](CO)C(=O)N1CCC[C@H]1C(=O)O)[C@@H](C)O)C(C)C. The van der Waals surface area contributed by atoms with Crippen molar-refractivity contribution in [2.45, 2.75) is 166 Å². The lowest BCUT2D eigenvalue weighted by molar-refractivity contribution is -0.150. The molecule has 0 unspecified atom stereocenters. The van der Waals surface area contributed by atoms with E-state index < -0.39 is 126 Å². The molecule has 8 amide bonds. The smallest absolute Gasteiger partial charge is 0.326 e. The second-order valence-corrected chi connectivity index (χ2v) is 18.7. The number of guanidine groups is 1. The number of nitrogens with one attached hydrogen (secondary N) is 5. The van der Waals surface area contributed by atoms with Crippen LogP contribution >= 0.6 is 0 Å². The van der Waals surface area contributed by atoms with Crippen LogP contribution in [0.5, 0.6) is 0 Å². The van der Waals surface area contributed by atoms with E-state index in [4.69, 9.17) is 22.9 Å². The molecular weight excluding hydrogens is 903 g/mol. The van der Waals surface area contributed by atoms with Crippen LogP contribution in [0.3, 0.4) is 0 Å². The molecule has 0 aliphatic carbocycles. The van der Waals surface area contributed by atoms with Gasteiger partial charge in [-0.3, -0.25) is 43.3 Å². The van der Waals surface area contributed by atoms with Gasteiger partial charge in [0.05, 0.1) is 18.8 Å². The average Bonchev–Trinajstić information content (AvgIpc) is 4.10. The van der Waals surface area contributed by atoms with E-state index in [9.17, 15) is 58.5 Å². The van der Waals surface area contributed by atoms with Crippen LogP contribution < -0.4 is 49.5 Å². The van der Waals surface area contributed by atoms with Crippen molar-refractivity contribution >= 4 is 59.2 Å². The Balaban J connectivity index is 1.79. The predicted molar refractivity (Wildman–Crippen MR) is 251 cm³/mol. The Labute approximate surface area is 403 Å². The number of aliphatic imine (C=N–C) groups is 1. The molecule has 0 spiro atoms. The van der Waals surface area contributed by atoms with Gasteiger partial charge in [0.2, 0.25) is 47.3 Å². The first-order chi connectivity index (χ1) is 32.5. The quantitative estimate of drug-likeness (QED) is 0.0221. The van der Waals surface area contributed by atoms with Gasteiger partial charge in [-0.1, -0.05) is 27.7 Å². The molecule has 0 aromatic heterocycles. The van der Waals surface area contributed by atoms with E-state index in [0.29, 0.717) is 38.6 Å². The molecule has 0 radical (unpaired) electrons. The number of likely N-dealkylation sites (tertiary alicyclic amines) is 3. The molecule has 0 aromatic carbocycles. The molecule has 16 N–H and O–H groups in total. The Kier molecular flexibility index (Phi) is 23.0.